The highest BCUT2D eigenvalue weighted by atomic mass is 32.1. The van der Waals surface area contributed by atoms with E-state index in [1.807, 2.05) is 6.92 Å². The van der Waals surface area contributed by atoms with Crippen molar-refractivity contribution in [2.75, 3.05) is 39.6 Å². The van der Waals surface area contributed by atoms with Crippen LogP contribution in [-0.2, 0) is 14.2 Å². The number of hydrogen-bond acceptors (Lipinski definition) is 9. The number of ether oxygens (including phenoxy) is 3. The maximum atomic E-state index is 8.88. The van der Waals surface area contributed by atoms with Crippen LogP contribution in [0.25, 0.3) is 0 Å². The van der Waals surface area contributed by atoms with Crippen molar-refractivity contribution >= 4 is 51.8 Å². The first kappa shape index (κ1) is 20.6. The van der Waals surface area contributed by atoms with Crippen LogP contribution < -0.4 is 0 Å². The first-order valence-corrected chi connectivity index (χ1v) is 7.45. The third-order valence-corrected chi connectivity index (χ3v) is 3.50. The van der Waals surface area contributed by atoms with Crippen LogP contribution in [0.2, 0.25) is 0 Å². The van der Waals surface area contributed by atoms with Gasteiger partial charge in [0, 0.05) is 0 Å². The molecule has 0 radical (unpaired) electrons. The zero-order valence-electron chi connectivity index (χ0n) is 11.7. The number of hydrogen-bond donors (Lipinski definition) is 3. The maximum absolute atomic E-state index is 8.88. The Morgan fingerprint density at radius 2 is 1.05 bits per heavy atom. The monoisotopic (exact) mass is 356 g/mol. The minimum atomic E-state index is -0.627. The Morgan fingerprint density at radius 3 is 1.24 bits per heavy atom. The second-order valence-electron chi connectivity index (χ2n) is 4.31. The minimum Gasteiger partial charge on any atom is -0.484 e. The highest BCUT2D eigenvalue weighted by molar-refractivity contribution is 7.80. The van der Waals surface area contributed by atoms with Gasteiger partial charge in [0.25, 0.3) is 0 Å². The molecule has 0 fully saturated rings. The lowest BCUT2D eigenvalue weighted by Crippen LogP contribution is -2.39. The second-order valence-corrected chi connectivity index (χ2v) is 5.68. The molecule has 0 aliphatic carbocycles. The normalized spacial score (nSPS) is 10.9. The minimum absolute atomic E-state index is 0.0577. The maximum Gasteiger partial charge on any atom is 0.185 e. The van der Waals surface area contributed by atoms with Gasteiger partial charge in [0.2, 0.25) is 0 Å². The molecule has 0 atom stereocenters. The van der Waals surface area contributed by atoms with Gasteiger partial charge in [0.15, 0.2) is 15.2 Å². The molecule has 0 rings (SSSR count). The predicted octanol–water partition coefficient (Wildman–Crippen LogP) is 0.392. The van der Waals surface area contributed by atoms with E-state index in [4.69, 9.17) is 66.2 Å². The molecule has 0 bridgehead atoms. The lowest BCUT2D eigenvalue weighted by Gasteiger charge is -2.32. The van der Waals surface area contributed by atoms with Crippen LogP contribution >= 0.6 is 36.7 Å². The molecule has 9 heteroatoms. The molecule has 0 saturated carbocycles. The second kappa shape index (κ2) is 11.2. The summed E-state index contributed by atoms with van der Waals surface area (Å²) in [6.45, 7) is 1.20. The number of rotatable bonds is 10. The van der Waals surface area contributed by atoms with Gasteiger partial charge in [-0.05, 0) is 43.1 Å². The molecule has 0 amide bonds. The van der Waals surface area contributed by atoms with Crippen LogP contribution in [0.1, 0.15) is 13.3 Å². The van der Waals surface area contributed by atoms with E-state index in [-0.39, 0.29) is 54.8 Å². The smallest absolute Gasteiger partial charge is 0.185 e. The van der Waals surface area contributed by atoms with Crippen molar-refractivity contribution in [1.29, 1.82) is 0 Å². The van der Waals surface area contributed by atoms with E-state index >= 15 is 0 Å². The molecule has 0 aliphatic heterocycles. The standard InChI is InChI=1S/C12H20O6S3/c1-2-12(6-16-9(19)3-13,7-17-10(20)4-14)8-18-11(21)5-15/h13-15H,2-8H2,1H3. The molecule has 0 unspecified atom stereocenters. The summed E-state index contributed by atoms with van der Waals surface area (Å²) in [5.41, 5.74) is -0.627. The van der Waals surface area contributed by atoms with Crippen LogP contribution in [0.5, 0.6) is 0 Å². The molecule has 21 heavy (non-hydrogen) atoms. The van der Waals surface area contributed by atoms with Crippen molar-refractivity contribution in [3.63, 3.8) is 0 Å². The fourth-order valence-electron chi connectivity index (χ4n) is 1.27. The van der Waals surface area contributed by atoms with E-state index in [1.165, 1.54) is 0 Å². The van der Waals surface area contributed by atoms with Crippen molar-refractivity contribution in [1.82, 2.24) is 0 Å². The number of thiocarbonyl (C=S) groups is 3. The summed E-state index contributed by atoms with van der Waals surface area (Å²) in [5, 5.41) is 26.8. The van der Waals surface area contributed by atoms with Crippen molar-refractivity contribution in [2.24, 2.45) is 5.41 Å². The summed E-state index contributed by atoms with van der Waals surface area (Å²) < 4.78 is 15.9. The lowest BCUT2D eigenvalue weighted by atomic mass is 9.88. The summed E-state index contributed by atoms with van der Waals surface area (Å²) >= 11 is 14.4. The van der Waals surface area contributed by atoms with Crippen LogP contribution in [-0.4, -0.2) is 70.1 Å². The quantitative estimate of drug-likeness (QED) is 0.481. The van der Waals surface area contributed by atoms with Gasteiger partial charge in [0.05, 0.1) is 5.41 Å². The van der Waals surface area contributed by atoms with Gasteiger partial charge in [-0.15, -0.1) is 0 Å². The first-order valence-electron chi connectivity index (χ1n) is 6.22. The Kier molecular flexibility index (Phi) is 10.9. The topological polar surface area (TPSA) is 88.4 Å². The molecule has 0 saturated heterocycles. The van der Waals surface area contributed by atoms with Gasteiger partial charge in [0.1, 0.15) is 39.6 Å². The van der Waals surface area contributed by atoms with Gasteiger partial charge in [-0.1, -0.05) is 6.92 Å². The van der Waals surface area contributed by atoms with Crippen molar-refractivity contribution < 1.29 is 29.5 Å². The first-order chi connectivity index (χ1) is 9.92. The van der Waals surface area contributed by atoms with Crippen LogP contribution in [0.15, 0.2) is 0 Å². The fraction of sp³-hybridized carbons (Fsp3) is 0.750. The summed E-state index contributed by atoms with van der Waals surface area (Å²) in [4.78, 5) is 0. The van der Waals surface area contributed by atoms with E-state index < -0.39 is 5.41 Å². The Bertz CT molecular complexity index is 311. The Balaban J connectivity index is 4.76. The molecular formula is C12H20O6S3. The summed E-state index contributed by atoms with van der Waals surface area (Å²) in [6, 6.07) is 0. The molecule has 0 aromatic carbocycles. The predicted molar refractivity (Wildman–Crippen MR) is 89.6 cm³/mol. The van der Waals surface area contributed by atoms with Crippen LogP contribution in [0.4, 0.5) is 0 Å². The molecule has 0 heterocycles. The average molecular weight is 356 g/mol. The van der Waals surface area contributed by atoms with E-state index in [1.54, 1.807) is 0 Å². The number of aliphatic hydroxyl groups excluding tert-OH is 3. The fourth-order valence-corrected chi connectivity index (χ4v) is 1.45. The number of aliphatic hydroxyl groups is 3. The Labute approximate surface area is 140 Å². The molecule has 0 aromatic rings. The summed E-state index contributed by atoms with van der Waals surface area (Å²) in [6.07, 6.45) is 0.586. The van der Waals surface area contributed by atoms with Gasteiger partial charge in [-0.2, -0.15) is 0 Å². The average Bonchev–Trinajstić information content (AvgIpc) is 2.53. The third kappa shape index (κ3) is 8.54. The molecule has 0 aromatic heterocycles. The van der Waals surface area contributed by atoms with Crippen LogP contribution in [0.3, 0.4) is 0 Å². The lowest BCUT2D eigenvalue weighted by molar-refractivity contribution is 0.0142. The Hall–Kier alpha value is -0.450. The molecule has 0 aliphatic rings. The van der Waals surface area contributed by atoms with E-state index in [2.05, 4.69) is 0 Å². The van der Waals surface area contributed by atoms with Crippen molar-refractivity contribution in [3.05, 3.63) is 0 Å². The van der Waals surface area contributed by atoms with Crippen molar-refractivity contribution in [2.45, 2.75) is 13.3 Å². The Morgan fingerprint density at radius 1 is 0.762 bits per heavy atom. The SMILES string of the molecule is CCC(COC(=S)CO)(COC(=S)CO)COC(=S)CO. The molecule has 0 spiro atoms. The largest absolute Gasteiger partial charge is 0.484 e. The zero-order valence-corrected chi connectivity index (χ0v) is 14.2. The van der Waals surface area contributed by atoms with Gasteiger partial charge < -0.3 is 29.5 Å². The van der Waals surface area contributed by atoms with Crippen molar-refractivity contribution in [3.8, 4) is 0 Å². The molecule has 6 nitrogen and oxygen atoms in total. The summed E-state index contributed by atoms with van der Waals surface area (Å²) in [7, 11) is 0. The molecular weight excluding hydrogens is 336 g/mol. The van der Waals surface area contributed by atoms with E-state index in [9.17, 15) is 0 Å². The van der Waals surface area contributed by atoms with Gasteiger partial charge >= 0.3 is 0 Å². The summed E-state index contributed by atoms with van der Waals surface area (Å²) in [5.74, 6) is 0. The van der Waals surface area contributed by atoms with Crippen LogP contribution in [0, 0.1) is 5.41 Å². The molecule has 3 N–H and O–H groups in total. The third-order valence-electron chi connectivity index (χ3n) is 2.76. The highest BCUT2D eigenvalue weighted by Crippen LogP contribution is 2.24. The van der Waals surface area contributed by atoms with Gasteiger partial charge in [-0.25, -0.2) is 0 Å². The zero-order chi connectivity index (χ0) is 16.3. The van der Waals surface area contributed by atoms with E-state index in [0.29, 0.717) is 6.42 Å². The van der Waals surface area contributed by atoms with E-state index in [0.717, 1.165) is 0 Å². The highest BCUT2D eigenvalue weighted by Gasteiger charge is 2.33. The molecule has 122 valence electrons. The van der Waals surface area contributed by atoms with Gasteiger partial charge in [-0.3, -0.25) is 0 Å².